The van der Waals surface area contributed by atoms with Crippen LogP contribution in [0.4, 0.5) is 4.39 Å². The Morgan fingerprint density at radius 2 is 1.87 bits per heavy atom. The average Bonchev–Trinajstić information content (AvgIpc) is 2.59. The fraction of sp³-hybridized carbons (Fsp3) is 0.111. The van der Waals surface area contributed by atoms with Crippen molar-refractivity contribution in [2.75, 3.05) is 13.7 Å². The van der Waals surface area contributed by atoms with Crippen LogP contribution in [0, 0.1) is 28.5 Å². The Morgan fingerprint density at radius 3 is 2.48 bits per heavy atom. The first-order chi connectivity index (χ1) is 11.2. The molecule has 0 heterocycles. The molecule has 2 aromatic carbocycles. The second-order valence-electron chi connectivity index (χ2n) is 4.53. The summed E-state index contributed by atoms with van der Waals surface area (Å²) in [5, 5.41) is 17.9. The maximum absolute atomic E-state index is 13.0. The van der Waals surface area contributed by atoms with E-state index in [0.717, 1.165) is 5.56 Å². The van der Waals surface area contributed by atoms with Gasteiger partial charge in [-0.25, -0.2) is 4.39 Å². The van der Waals surface area contributed by atoms with Gasteiger partial charge in [0, 0.05) is 0 Å². The van der Waals surface area contributed by atoms with Crippen molar-refractivity contribution in [1.29, 1.82) is 10.5 Å². The molecule has 4 nitrogen and oxygen atoms in total. The van der Waals surface area contributed by atoms with Crippen molar-refractivity contribution in [2.24, 2.45) is 0 Å². The molecule has 23 heavy (non-hydrogen) atoms. The van der Waals surface area contributed by atoms with Gasteiger partial charge in [0.2, 0.25) is 0 Å². The van der Waals surface area contributed by atoms with Crippen molar-refractivity contribution in [3.8, 4) is 23.6 Å². The van der Waals surface area contributed by atoms with Gasteiger partial charge in [-0.1, -0.05) is 18.2 Å². The van der Waals surface area contributed by atoms with Crippen LogP contribution >= 0.6 is 0 Å². The first kappa shape index (κ1) is 16.1. The van der Waals surface area contributed by atoms with Gasteiger partial charge in [0.25, 0.3) is 0 Å². The largest absolute Gasteiger partial charge is 0.493 e. The van der Waals surface area contributed by atoms with Gasteiger partial charge in [0.15, 0.2) is 18.1 Å². The zero-order valence-electron chi connectivity index (χ0n) is 12.4. The van der Waals surface area contributed by atoms with E-state index in [4.69, 9.17) is 14.7 Å². The Bertz CT molecular complexity index is 799. The van der Waals surface area contributed by atoms with Crippen LogP contribution in [0.5, 0.6) is 11.5 Å². The van der Waals surface area contributed by atoms with Crippen LogP contribution in [0.15, 0.2) is 42.5 Å². The number of benzene rings is 2. The number of methoxy groups -OCH3 is 1. The molecular weight excluding hydrogens is 295 g/mol. The lowest BCUT2D eigenvalue weighted by Gasteiger charge is -2.09. The van der Waals surface area contributed by atoms with Gasteiger partial charge in [-0.2, -0.15) is 10.5 Å². The quantitative estimate of drug-likeness (QED) is 0.622. The average molecular weight is 308 g/mol. The van der Waals surface area contributed by atoms with Gasteiger partial charge in [0.05, 0.1) is 18.8 Å². The molecule has 0 N–H and O–H groups in total. The van der Waals surface area contributed by atoms with Gasteiger partial charge < -0.3 is 9.47 Å². The molecule has 2 aromatic rings. The lowest BCUT2D eigenvalue weighted by Crippen LogP contribution is -1.96. The number of nitrogens with zero attached hydrogens (tertiary/aromatic N) is 2. The van der Waals surface area contributed by atoms with Crippen LogP contribution in [-0.4, -0.2) is 13.7 Å². The van der Waals surface area contributed by atoms with Gasteiger partial charge in [0.1, 0.15) is 11.9 Å². The summed E-state index contributed by atoms with van der Waals surface area (Å²) in [6, 6.07) is 14.8. The van der Waals surface area contributed by atoms with E-state index in [9.17, 15) is 9.65 Å². The molecular formula is C18H13FN2O2. The SMILES string of the molecule is COc1cc(C=C(C#N)c2ccc(F)cc2)ccc1OCC#N. The molecule has 0 radical (unpaired) electrons. The number of nitriles is 2. The molecule has 0 fully saturated rings. The van der Waals surface area contributed by atoms with Crippen molar-refractivity contribution in [3.05, 3.63) is 59.4 Å². The number of hydrogen-bond donors (Lipinski definition) is 0. The van der Waals surface area contributed by atoms with Crippen LogP contribution in [0.3, 0.4) is 0 Å². The maximum Gasteiger partial charge on any atom is 0.174 e. The van der Waals surface area contributed by atoms with E-state index in [-0.39, 0.29) is 12.4 Å². The summed E-state index contributed by atoms with van der Waals surface area (Å²) in [7, 11) is 1.49. The van der Waals surface area contributed by atoms with E-state index in [1.165, 1.54) is 19.2 Å². The molecule has 0 saturated heterocycles. The third-order valence-electron chi connectivity index (χ3n) is 3.07. The van der Waals surface area contributed by atoms with Crippen LogP contribution in [0.1, 0.15) is 11.1 Å². The van der Waals surface area contributed by atoms with Crippen LogP contribution in [-0.2, 0) is 0 Å². The monoisotopic (exact) mass is 308 g/mol. The predicted octanol–water partition coefficient (Wildman–Crippen LogP) is 3.80. The molecule has 0 aromatic heterocycles. The minimum Gasteiger partial charge on any atom is -0.493 e. The van der Waals surface area contributed by atoms with Crippen molar-refractivity contribution in [2.45, 2.75) is 0 Å². The zero-order chi connectivity index (χ0) is 16.7. The topological polar surface area (TPSA) is 66.0 Å². The normalized spacial score (nSPS) is 10.5. The summed E-state index contributed by atoms with van der Waals surface area (Å²) >= 11 is 0. The van der Waals surface area contributed by atoms with Crippen LogP contribution < -0.4 is 9.47 Å². The van der Waals surface area contributed by atoms with Gasteiger partial charge in [-0.15, -0.1) is 0 Å². The standard InChI is InChI=1S/C18H13FN2O2/c1-22-18-11-13(2-7-17(18)23-9-8-20)10-15(12-21)14-3-5-16(19)6-4-14/h2-7,10-11H,9H2,1H3. The summed E-state index contributed by atoms with van der Waals surface area (Å²) in [5.41, 5.74) is 1.75. The molecule has 5 heteroatoms. The Labute approximate surface area is 133 Å². The molecule has 0 saturated carbocycles. The molecule has 0 bridgehead atoms. The van der Waals surface area contributed by atoms with Crippen molar-refractivity contribution < 1.29 is 13.9 Å². The summed E-state index contributed by atoms with van der Waals surface area (Å²) in [5.74, 6) is 0.559. The summed E-state index contributed by atoms with van der Waals surface area (Å²) < 4.78 is 23.4. The highest BCUT2D eigenvalue weighted by molar-refractivity contribution is 5.89. The summed E-state index contributed by atoms with van der Waals surface area (Å²) in [4.78, 5) is 0. The Morgan fingerprint density at radius 1 is 1.13 bits per heavy atom. The molecule has 0 aliphatic heterocycles. The number of hydrogen-bond acceptors (Lipinski definition) is 4. The van der Waals surface area contributed by atoms with Crippen molar-refractivity contribution in [3.63, 3.8) is 0 Å². The summed E-state index contributed by atoms with van der Waals surface area (Å²) in [6.45, 7) is -0.0788. The van der Waals surface area contributed by atoms with Gasteiger partial charge in [-0.05, 0) is 41.5 Å². The lowest BCUT2D eigenvalue weighted by atomic mass is 10.0. The second kappa shape index (κ2) is 7.63. The van der Waals surface area contributed by atoms with E-state index in [1.807, 2.05) is 6.07 Å². The van der Waals surface area contributed by atoms with E-state index < -0.39 is 0 Å². The third kappa shape index (κ3) is 4.09. The zero-order valence-corrected chi connectivity index (χ0v) is 12.4. The molecule has 0 spiro atoms. The molecule has 114 valence electrons. The Balaban J connectivity index is 2.35. The van der Waals surface area contributed by atoms with Crippen molar-refractivity contribution in [1.82, 2.24) is 0 Å². The first-order valence-electron chi connectivity index (χ1n) is 6.73. The van der Waals surface area contributed by atoms with Gasteiger partial charge in [-0.3, -0.25) is 0 Å². The van der Waals surface area contributed by atoms with Crippen LogP contribution in [0.2, 0.25) is 0 Å². The van der Waals surface area contributed by atoms with Crippen LogP contribution in [0.25, 0.3) is 11.6 Å². The molecule has 0 aliphatic carbocycles. The van der Waals surface area contributed by atoms with E-state index in [2.05, 4.69) is 6.07 Å². The predicted molar refractivity (Wildman–Crippen MR) is 84.0 cm³/mol. The molecule has 0 amide bonds. The van der Waals surface area contributed by atoms with E-state index >= 15 is 0 Å². The molecule has 0 aliphatic rings. The van der Waals surface area contributed by atoms with Crippen molar-refractivity contribution >= 4 is 11.6 Å². The number of rotatable bonds is 5. The fourth-order valence-corrected chi connectivity index (χ4v) is 1.98. The minimum absolute atomic E-state index is 0.0788. The number of allylic oxidation sites excluding steroid dienone is 1. The Kier molecular flexibility index (Phi) is 5.33. The van der Waals surface area contributed by atoms with E-state index in [1.54, 1.807) is 36.4 Å². The lowest BCUT2D eigenvalue weighted by molar-refractivity contribution is 0.329. The number of ether oxygens (including phenoxy) is 2. The highest BCUT2D eigenvalue weighted by Crippen LogP contribution is 2.29. The number of halogens is 1. The molecule has 0 atom stereocenters. The molecule has 2 rings (SSSR count). The summed E-state index contributed by atoms with van der Waals surface area (Å²) in [6.07, 6.45) is 1.67. The smallest absolute Gasteiger partial charge is 0.174 e. The fourth-order valence-electron chi connectivity index (χ4n) is 1.98. The third-order valence-corrected chi connectivity index (χ3v) is 3.07. The minimum atomic E-state index is -0.355. The molecule has 0 unspecified atom stereocenters. The van der Waals surface area contributed by atoms with E-state index in [0.29, 0.717) is 22.6 Å². The first-order valence-corrected chi connectivity index (χ1v) is 6.73. The Hall–Kier alpha value is -3.31. The van der Waals surface area contributed by atoms with Gasteiger partial charge >= 0.3 is 0 Å². The highest BCUT2D eigenvalue weighted by Gasteiger charge is 2.07. The maximum atomic E-state index is 13.0. The second-order valence-corrected chi connectivity index (χ2v) is 4.53. The highest BCUT2D eigenvalue weighted by atomic mass is 19.1.